The minimum atomic E-state index is -4.00. The molecule has 0 saturated heterocycles. The molecule has 1 N–H and O–H groups in total. The van der Waals surface area contributed by atoms with Crippen LogP contribution in [0.15, 0.2) is 64.1 Å². The van der Waals surface area contributed by atoms with Crippen molar-refractivity contribution in [3.05, 3.63) is 66.2 Å². The Morgan fingerprint density at radius 3 is 2.71 bits per heavy atom. The maximum atomic E-state index is 14.2. The largest absolute Gasteiger partial charge is 0.464 e. The van der Waals surface area contributed by atoms with Crippen LogP contribution in [-0.2, 0) is 21.2 Å². The first-order valence-electron chi connectivity index (χ1n) is 8.62. The van der Waals surface area contributed by atoms with E-state index >= 15 is 0 Å². The average Bonchev–Trinajstić information content (AvgIpc) is 3.32. The molecule has 1 aromatic heterocycles. The molecule has 144 valence electrons. The number of fused-ring (bicyclic) bond motifs is 1. The summed E-state index contributed by atoms with van der Waals surface area (Å²) >= 11 is 0. The topological polar surface area (TPSA) is 79.6 Å². The number of nitrogens with zero attached hydrogens (tertiary/aromatic N) is 1. The van der Waals surface area contributed by atoms with Crippen molar-refractivity contribution >= 4 is 27.3 Å². The van der Waals surface area contributed by atoms with Gasteiger partial charge in [0.15, 0.2) is 0 Å². The lowest BCUT2D eigenvalue weighted by Crippen LogP contribution is -2.25. The number of carbonyl (C=O) groups excluding carboxylic acids is 1. The highest BCUT2D eigenvalue weighted by atomic mass is 32.2. The van der Waals surface area contributed by atoms with Crippen LogP contribution < -0.4 is 9.62 Å². The molecule has 8 heteroatoms. The Bertz CT molecular complexity index is 1160. The van der Waals surface area contributed by atoms with Crippen LogP contribution in [0.2, 0.25) is 0 Å². The molecule has 2 aromatic carbocycles. The number of sulfonamides is 1. The number of furan rings is 1. The van der Waals surface area contributed by atoms with E-state index in [0.29, 0.717) is 30.0 Å². The summed E-state index contributed by atoms with van der Waals surface area (Å²) in [5, 5.41) is 0. The third-order valence-electron chi connectivity index (χ3n) is 4.65. The summed E-state index contributed by atoms with van der Waals surface area (Å²) in [5.74, 6) is -0.283. The molecule has 4 rings (SSSR count). The molecular weight excluding hydrogens is 383 g/mol. The maximum absolute atomic E-state index is 14.2. The number of amides is 1. The predicted octanol–water partition coefficient (Wildman–Crippen LogP) is 3.80. The molecule has 0 atom stereocenters. The van der Waals surface area contributed by atoms with Crippen LogP contribution in [0.5, 0.6) is 0 Å². The fourth-order valence-electron chi connectivity index (χ4n) is 3.28. The van der Waals surface area contributed by atoms with Gasteiger partial charge in [0.1, 0.15) is 11.6 Å². The number of carbonyl (C=O) groups is 1. The quantitative estimate of drug-likeness (QED) is 0.723. The van der Waals surface area contributed by atoms with E-state index in [1.807, 2.05) is 0 Å². The summed E-state index contributed by atoms with van der Waals surface area (Å²) in [6.45, 7) is 1.98. The van der Waals surface area contributed by atoms with E-state index in [1.54, 1.807) is 23.1 Å². The SMILES string of the molecule is CC(=O)N1CCc2cc(S(=O)(=O)Nc3cc(-c4ccco4)ccc3F)ccc21. The van der Waals surface area contributed by atoms with Crippen LogP contribution in [0.25, 0.3) is 11.3 Å². The summed E-state index contributed by atoms with van der Waals surface area (Å²) in [7, 11) is -4.00. The summed E-state index contributed by atoms with van der Waals surface area (Å²) in [4.78, 5) is 13.3. The zero-order valence-electron chi connectivity index (χ0n) is 15.0. The van der Waals surface area contributed by atoms with Crippen LogP contribution in [-0.4, -0.2) is 20.9 Å². The molecular formula is C20H17FN2O4S. The van der Waals surface area contributed by atoms with E-state index < -0.39 is 15.8 Å². The lowest BCUT2D eigenvalue weighted by molar-refractivity contribution is -0.116. The zero-order valence-corrected chi connectivity index (χ0v) is 15.8. The fourth-order valence-corrected chi connectivity index (χ4v) is 4.38. The Morgan fingerprint density at radius 1 is 1.18 bits per heavy atom. The van der Waals surface area contributed by atoms with E-state index in [1.165, 1.54) is 43.5 Å². The third kappa shape index (κ3) is 3.27. The average molecular weight is 400 g/mol. The third-order valence-corrected chi connectivity index (χ3v) is 6.02. The van der Waals surface area contributed by atoms with Gasteiger partial charge in [0.05, 0.1) is 16.8 Å². The van der Waals surface area contributed by atoms with Gasteiger partial charge in [-0.3, -0.25) is 9.52 Å². The Labute approximate surface area is 161 Å². The second-order valence-corrected chi connectivity index (χ2v) is 8.17. The molecule has 0 radical (unpaired) electrons. The molecule has 0 bridgehead atoms. The van der Waals surface area contributed by atoms with Crippen LogP contribution in [0, 0.1) is 5.82 Å². The van der Waals surface area contributed by atoms with Crippen LogP contribution in [0.3, 0.4) is 0 Å². The first-order chi connectivity index (χ1) is 13.3. The Hall–Kier alpha value is -3.13. The first-order valence-corrected chi connectivity index (χ1v) is 10.1. The first kappa shape index (κ1) is 18.2. The van der Waals surface area contributed by atoms with Gasteiger partial charge >= 0.3 is 0 Å². The van der Waals surface area contributed by atoms with Gasteiger partial charge in [0.25, 0.3) is 10.0 Å². The minimum Gasteiger partial charge on any atom is -0.464 e. The standard InChI is InChI=1S/C20H17FN2O4S/c1-13(24)23-9-8-14-11-16(5-7-19(14)23)28(25,26)22-18-12-15(4-6-17(18)21)20-3-2-10-27-20/h2-7,10-12,22H,8-9H2,1H3. The monoisotopic (exact) mass is 400 g/mol. The highest BCUT2D eigenvalue weighted by Crippen LogP contribution is 2.32. The molecule has 28 heavy (non-hydrogen) atoms. The molecule has 1 amide bonds. The van der Waals surface area contributed by atoms with Crippen LogP contribution in [0.1, 0.15) is 12.5 Å². The van der Waals surface area contributed by atoms with E-state index in [0.717, 1.165) is 5.56 Å². The smallest absolute Gasteiger partial charge is 0.261 e. The molecule has 0 aliphatic carbocycles. The van der Waals surface area contributed by atoms with Crippen molar-refractivity contribution in [1.29, 1.82) is 0 Å². The van der Waals surface area contributed by atoms with Crippen molar-refractivity contribution in [3.63, 3.8) is 0 Å². The van der Waals surface area contributed by atoms with Gasteiger partial charge in [-0.15, -0.1) is 0 Å². The van der Waals surface area contributed by atoms with Crippen molar-refractivity contribution in [2.45, 2.75) is 18.2 Å². The molecule has 0 unspecified atom stereocenters. The molecule has 0 fully saturated rings. The number of halogens is 1. The minimum absolute atomic E-state index is 0.0134. The number of hydrogen-bond donors (Lipinski definition) is 1. The Balaban J connectivity index is 1.65. The highest BCUT2D eigenvalue weighted by molar-refractivity contribution is 7.92. The van der Waals surface area contributed by atoms with Gasteiger partial charge < -0.3 is 9.32 Å². The molecule has 6 nitrogen and oxygen atoms in total. The number of anilines is 2. The van der Waals surface area contributed by atoms with Gasteiger partial charge in [-0.25, -0.2) is 12.8 Å². The van der Waals surface area contributed by atoms with Crippen molar-refractivity contribution in [3.8, 4) is 11.3 Å². The van der Waals surface area contributed by atoms with Gasteiger partial charge in [-0.2, -0.15) is 0 Å². The van der Waals surface area contributed by atoms with E-state index in [9.17, 15) is 17.6 Å². The summed E-state index contributed by atoms with van der Waals surface area (Å²) in [6.07, 6.45) is 2.05. The van der Waals surface area contributed by atoms with Crippen LogP contribution >= 0.6 is 0 Å². The number of rotatable bonds is 4. The van der Waals surface area contributed by atoms with Gasteiger partial charge in [-0.1, -0.05) is 0 Å². The van der Waals surface area contributed by atoms with E-state index in [2.05, 4.69) is 4.72 Å². The Kier molecular flexibility index (Phi) is 4.43. The lowest BCUT2D eigenvalue weighted by atomic mass is 10.1. The second kappa shape index (κ2) is 6.79. The van der Waals surface area contributed by atoms with E-state index in [-0.39, 0.29) is 16.5 Å². The van der Waals surface area contributed by atoms with Crippen molar-refractivity contribution < 1.29 is 22.0 Å². The molecule has 3 aromatic rings. The van der Waals surface area contributed by atoms with Crippen molar-refractivity contribution in [2.24, 2.45) is 0 Å². The van der Waals surface area contributed by atoms with Gasteiger partial charge in [0.2, 0.25) is 5.91 Å². The predicted molar refractivity (Wildman–Crippen MR) is 103 cm³/mol. The summed E-state index contributed by atoms with van der Waals surface area (Å²) < 4.78 is 47.4. The highest BCUT2D eigenvalue weighted by Gasteiger charge is 2.25. The molecule has 1 aliphatic heterocycles. The molecule has 0 saturated carbocycles. The van der Waals surface area contributed by atoms with Crippen molar-refractivity contribution in [2.75, 3.05) is 16.2 Å². The number of hydrogen-bond acceptors (Lipinski definition) is 4. The maximum Gasteiger partial charge on any atom is 0.261 e. The number of nitrogens with one attached hydrogen (secondary N) is 1. The lowest BCUT2D eigenvalue weighted by Gasteiger charge is -2.15. The zero-order chi connectivity index (χ0) is 19.9. The second-order valence-electron chi connectivity index (χ2n) is 6.49. The molecule has 1 aliphatic rings. The van der Waals surface area contributed by atoms with E-state index in [4.69, 9.17) is 4.42 Å². The molecule has 0 spiro atoms. The summed E-state index contributed by atoms with van der Waals surface area (Å²) in [5.41, 5.74) is 1.86. The fraction of sp³-hybridized carbons (Fsp3) is 0.150. The van der Waals surface area contributed by atoms with Gasteiger partial charge in [0, 0.05) is 24.7 Å². The summed E-state index contributed by atoms with van der Waals surface area (Å²) in [6, 6.07) is 12.0. The van der Waals surface area contributed by atoms with Crippen LogP contribution in [0.4, 0.5) is 15.8 Å². The van der Waals surface area contributed by atoms with Gasteiger partial charge in [-0.05, 0) is 60.5 Å². The van der Waals surface area contributed by atoms with Crippen molar-refractivity contribution in [1.82, 2.24) is 0 Å². The molecule has 2 heterocycles. The number of benzene rings is 2. The Morgan fingerprint density at radius 2 is 2.00 bits per heavy atom. The normalized spacial score (nSPS) is 13.4.